The fourth-order valence-corrected chi connectivity index (χ4v) is 5.28. The van der Waals surface area contributed by atoms with E-state index < -0.39 is 15.1 Å². The summed E-state index contributed by atoms with van der Waals surface area (Å²) >= 11 is 0. The van der Waals surface area contributed by atoms with Crippen molar-refractivity contribution >= 4 is 15.7 Å². The van der Waals surface area contributed by atoms with E-state index in [9.17, 15) is 13.2 Å². The molecule has 1 aliphatic rings. The smallest absolute Gasteiger partial charge is 0.223 e. The van der Waals surface area contributed by atoms with E-state index in [1.54, 1.807) is 36.3 Å². The Kier molecular flexibility index (Phi) is 9.94. The number of nitrogens with one attached hydrogen (secondary N) is 1. The number of hydrogen-bond donors (Lipinski definition) is 1. The van der Waals surface area contributed by atoms with E-state index in [2.05, 4.69) is 11.4 Å². The summed E-state index contributed by atoms with van der Waals surface area (Å²) in [6, 6.07) is 16.7. The van der Waals surface area contributed by atoms with Gasteiger partial charge in [-0.3, -0.25) is 4.79 Å². The zero-order chi connectivity index (χ0) is 20.7. The molecular weight excluding hydrogens is 477 g/mol. The maximum absolute atomic E-state index is 13.3. The van der Waals surface area contributed by atoms with Crippen molar-refractivity contribution < 1.29 is 50.7 Å². The molecular formula is C22H27N2O4SY-. The molecule has 0 aromatic heterocycles. The molecule has 1 N–H and O–H groups in total. The Morgan fingerprint density at radius 3 is 2.50 bits per heavy atom. The molecule has 2 aromatic rings. The molecule has 1 unspecified atom stereocenters. The average molecular weight is 504 g/mol. The van der Waals surface area contributed by atoms with E-state index in [0.29, 0.717) is 25.9 Å². The minimum atomic E-state index is -3.65. The number of piperazine rings is 1. The first kappa shape index (κ1) is 25.0. The fraction of sp³-hybridized carbons (Fsp3) is 0.409. The fourth-order valence-electron chi connectivity index (χ4n) is 3.58. The molecule has 1 amide bonds. The molecule has 0 spiro atoms. The Bertz CT molecular complexity index is 916. The third kappa shape index (κ3) is 6.36. The van der Waals surface area contributed by atoms with Crippen molar-refractivity contribution in [3.8, 4) is 5.75 Å². The van der Waals surface area contributed by atoms with Gasteiger partial charge in [0.25, 0.3) is 0 Å². The number of ether oxygens (including phenoxy) is 1. The first-order chi connectivity index (χ1) is 14.0. The van der Waals surface area contributed by atoms with Crippen LogP contribution in [-0.2, 0) is 53.8 Å². The Hall–Kier alpha value is -1.28. The SMILES string of the molecule is COc1ccccc1CCC(CC(=O)N1CCNCC1)S(=O)(=O)c1cc[c-]cc1.[Y]. The Morgan fingerprint density at radius 1 is 1.17 bits per heavy atom. The number of rotatable bonds is 8. The van der Waals surface area contributed by atoms with E-state index in [1.807, 2.05) is 24.3 Å². The van der Waals surface area contributed by atoms with E-state index >= 15 is 0 Å². The van der Waals surface area contributed by atoms with Crippen LogP contribution in [0, 0.1) is 6.07 Å². The number of methoxy groups -OCH3 is 1. The summed E-state index contributed by atoms with van der Waals surface area (Å²) in [5.41, 5.74) is 0.936. The number of benzene rings is 2. The summed E-state index contributed by atoms with van der Waals surface area (Å²) in [7, 11) is -2.05. The number of para-hydroxylation sites is 1. The number of carbonyl (C=O) groups excluding carboxylic acids is 1. The number of carbonyl (C=O) groups is 1. The van der Waals surface area contributed by atoms with E-state index in [1.165, 1.54) is 0 Å². The summed E-state index contributed by atoms with van der Waals surface area (Å²) < 4.78 is 32.0. The minimum absolute atomic E-state index is 0. The van der Waals surface area contributed by atoms with Gasteiger partial charge in [0.2, 0.25) is 5.91 Å². The first-order valence-corrected chi connectivity index (χ1v) is 11.4. The van der Waals surface area contributed by atoms with Crippen molar-refractivity contribution in [3.05, 3.63) is 60.2 Å². The van der Waals surface area contributed by atoms with Gasteiger partial charge in [0, 0.05) is 65.3 Å². The minimum Gasteiger partial charge on any atom is -0.496 e. The van der Waals surface area contributed by atoms with Crippen molar-refractivity contribution in [2.45, 2.75) is 29.4 Å². The van der Waals surface area contributed by atoms with Gasteiger partial charge in [0.15, 0.2) is 9.84 Å². The maximum Gasteiger partial charge on any atom is 0.223 e. The molecule has 1 saturated heterocycles. The van der Waals surface area contributed by atoms with Crippen LogP contribution in [0.4, 0.5) is 0 Å². The maximum atomic E-state index is 13.3. The second kappa shape index (κ2) is 11.9. The second-order valence-corrected chi connectivity index (χ2v) is 9.32. The number of amides is 1. The quantitative estimate of drug-likeness (QED) is 0.558. The number of hydrogen-bond acceptors (Lipinski definition) is 5. The van der Waals surface area contributed by atoms with Gasteiger partial charge in [-0.15, -0.1) is 0 Å². The van der Waals surface area contributed by atoms with Crippen LogP contribution >= 0.6 is 0 Å². The molecule has 1 fully saturated rings. The molecule has 3 rings (SSSR count). The molecule has 159 valence electrons. The van der Waals surface area contributed by atoms with Crippen molar-refractivity contribution in [2.24, 2.45) is 0 Å². The molecule has 0 saturated carbocycles. The standard InChI is InChI=1S/C22H27N2O4S.Y/c1-28-21-10-6-5-7-18(21)11-12-20(17-22(25)24-15-13-23-14-16-24)29(26,27)19-8-3-2-4-9-19;/h3-10,20,23H,11-17H2,1H3;/q-1;. The van der Waals surface area contributed by atoms with E-state index in [4.69, 9.17) is 4.74 Å². The van der Waals surface area contributed by atoms with Gasteiger partial charge in [-0.25, -0.2) is 8.42 Å². The van der Waals surface area contributed by atoms with E-state index in [-0.39, 0.29) is 49.9 Å². The Balaban J connectivity index is 0.00000320. The van der Waals surface area contributed by atoms with Crippen LogP contribution in [0.1, 0.15) is 18.4 Å². The van der Waals surface area contributed by atoms with E-state index in [0.717, 1.165) is 24.4 Å². The summed E-state index contributed by atoms with van der Waals surface area (Å²) in [5.74, 6) is 0.619. The molecule has 1 atom stereocenters. The molecule has 8 heteroatoms. The summed E-state index contributed by atoms with van der Waals surface area (Å²) in [5, 5.41) is 2.41. The van der Waals surface area contributed by atoms with Gasteiger partial charge >= 0.3 is 0 Å². The van der Waals surface area contributed by atoms with Crippen molar-refractivity contribution in [1.29, 1.82) is 0 Å². The molecule has 30 heavy (non-hydrogen) atoms. The number of aryl methyl sites for hydroxylation is 1. The number of nitrogens with zero attached hydrogens (tertiary/aromatic N) is 1. The van der Waals surface area contributed by atoms with Crippen LogP contribution in [0.25, 0.3) is 0 Å². The molecule has 1 radical (unpaired) electrons. The van der Waals surface area contributed by atoms with Crippen LogP contribution < -0.4 is 10.1 Å². The van der Waals surface area contributed by atoms with Crippen LogP contribution in [0.3, 0.4) is 0 Å². The Labute approximate surface area is 204 Å². The second-order valence-electron chi connectivity index (χ2n) is 7.09. The van der Waals surface area contributed by atoms with Crippen molar-refractivity contribution in [3.63, 3.8) is 0 Å². The predicted octanol–water partition coefficient (Wildman–Crippen LogP) is 2.09. The molecule has 1 heterocycles. The van der Waals surface area contributed by atoms with Crippen LogP contribution in [-0.4, -0.2) is 57.8 Å². The summed E-state index contributed by atoms with van der Waals surface area (Å²) in [6.45, 7) is 2.69. The monoisotopic (exact) mass is 504 g/mol. The largest absolute Gasteiger partial charge is 0.496 e. The molecule has 0 bridgehead atoms. The van der Waals surface area contributed by atoms with Crippen LogP contribution in [0.5, 0.6) is 5.75 Å². The Morgan fingerprint density at radius 2 is 1.83 bits per heavy atom. The molecule has 2 aromatic carbocycles. The molecule has 6 nitrogen and oxygen atoms in total. The van der Waals surface area contributed by atoms with Gasteiger partial charge in [0.1, 0.15) is 5.75 Å². The first-order valence-electron chi connectivity index (χ1n) is 9.83. The van der Waals surface area contributed by atoms with Gasteiger partial charge in [-0.05, 0) is 29.4 Å². The summed E-state index contributed by atoms with van der Waals surface area (Å²) in [6.07, 6.45) is 0.844. The molecule has 1 aliphatic heterocycles. The predicted molar refractivity (Wildman–Crippen MR) is 112 cm³/mol. The summed E-state index contributed by atoms with van der Waals surface area (Å²) in [4.78, 5) is 14.8. The van der Waals surface area contributed by atoms with Crippen molar-refractivity contribution in [2.75, 3.05) is 33.3 Å². The average Bonchev–Trinajstić information content (AvgIpc) is 2.77. The van der Waals surface area contributed by atoms with Crippen molar-refractivity contribution in [1.82, 2.24) is 10.2 Å². The zero-order valence-corrected chi connectivity index (χ0v) is 20.9. The number of sulfone groups is 1. The van der Waals surface area contributed by atoms with Gasteiger partial charge < -0.3 is 15.0 Å². The normalized spacial score (nSPS) is 15.2. The van der Waals surface area contributed by atoms with Gasteiger partial charge in [-0.1, -0.05) is 18.2 Å². The third-order valence-corrected chi connectivity index (χ3v) is 7.46. The van der Waals surface area contributed by atoms with Gasteiger partial charge in [0.05, 0.1) is 12.4 Å². The van der Waals surface area contributed by atoms with Crippen LogP contribution in [0.15, 0.2) is 53.4 Å². The third-order valence-electron chi connectivity index (χ3n) is 5.26. The molecule has 0 aliphatic carbocycles. The van der Waals surface area contributed by atoms with Crippen LogP contribution in [0.2, 0.25) is 0 Å². The van der Waals surface area contributed by atoms with Gasteiger partial charge in [-0.2, -0.15) is 30.3 Å². The zero-order valence-electron chi connectivity index (χ0n) is 17.2. The topological polar surface area (TPSA) is 75.7 Å².